The Balaban J connectivity index is 1.60. The first kappa shape index (κ1) is 12.8. The molecule has 2 heterocycles. The smallest absolute Gasteiger partial charge is 0.129 e. The van der Waals surface area contributed by atoms with Crippen LogP contribution in [0.2, 0.25) is 5.15 Å². The summed E-state index contributed by atoms with van der Waals surface area (Å²) in [6, 6.07) is 4.39. The number of hydrogen-bond donors (Lipinski definition) is 1. The van der Waals surface area contributed by atoms with Gasteiger partial charge >= 0.3 is 0 Å². The molecule has 1 N–H and O–H groups in total. The van der Waals surface area contributed by atoms with Gasteiger partial charge in [0, 0.05) is 18.8 Å². The molecular formula is C13H19ClN2O. The van der Waals surface area contributed by atoms with E-state index < -0.39 is 0 Å². The van der Waals surface area contributed by atoms with Gasteiger partial charge in [-0.15, -0.1) is 0 Å². The Morgan fingerprint density at radius 3 is 3.06 bits per heavy atom. The minimum Gasteiger partial charge on any atom is -0.377 e. The maximum Gasteiger partial charge on any atom is 0.129 e. The minimum atomic E-state index is 0.528. The number of pyridine rings is 1. The summed E-state index contributed by atoms with van der Waals surface area (Å²) in [7, 11) is 0. The fraction of sp³-hybridized carbons (Fsp3) is 0.615. The molecule has 94 valence electrons. The molecule has 1 fully saturated rings. The molecule has 0 saturated carbocycles. The molecule has 1 aliphatic heterocycles. The number of rotatable bonds is 5. The van der Waals surface area contributed by atoms with Crippen LogP contribution in [0.5, 0.6) is 0 Å². The van der Waals surface area contributed by atoms with Crippen molar-refractivity contribution in [3.63, 3.8) is 0 Å². The lowest BCUT2D eigenvalue weighted by Crippen LogP contribution is -2.34. The lowest BCUT2D eigenvalue weighted by atomic mass is 10.0. The van der Waals surface area contributed by atoms with Gasteiger partial charge in [-0.3, -0.25) is 0 Å². The second-order valence-electron chi connectivity index (χ2n) is 4.48. The van der Waals surface area contributed by atoms with E-state index in [1.807, 2.05) is 6.07 Å². The molecule has 17 heavy (non-hydrogen) atoms. The van der Waals surface area contributed by atoms with Crippen LogP contribution in [0.15, 0.2) is 18.3 Å². The van der Waals surface area contributed by atoms with Gasteiger partial charge in [0.05, 0.1) is 6.61 Å². The van der Waals surface area contributed by atoms with E-state index in [1.165, 1.54) is 19.3 Å². The molecule has 1 aromatic rings. The van der Waals surface area contributed by atoms with Gasteiger partial charge in [0.1, 0.15) is 5.15 Å². The predicted octanol–water partition coefficient (Wildman–Crippen LogP) is 2.78. The van der Waals surface area contributed by atoms with E-state index in [9.17, 15) is 0 Å². The molecular weight excluding hydrogens is 236 g/mol. The van der Waals surface area contributed by atoms with Crippen molar-refractivity contribution < 1.29 is 4.74 Å². The third-order valence-corrected chi connectivity index (χ3v) is 3.30. The molecule has 0 aliphatic carbocycles. The molecule has 1 saturated heterocycles. The summed E-state index contributed by atoms with van der Waals surface area (Å²) in [6.07, 6.45) is 6.81. The fourth-order valence-electron chi connectivity index (χ4n) is 2.08. The number of halogens is 1. The molecule has 1 aromatic heterocycles. The van der Waals surface area contributed by atoms with Crippen molar-refractivity contribution in [3.05, 3.63) is 29.0 Å². The first-order valence-corrected chi connectivity index (χ1v) is 6.64. The number of nitrogens with zero attached hydrogens (tertiary/aromatic N) is 1. The highest BCUT2D eigenvalue weighted by Crippen LogP contribution is 2.11. The van der Waals surface area contributed by atoms with Crippen molar-refractivity contribution in [2.24, 2.45) is 0 Å². The third-order valence-electron chi connectivity index (χ3n) is 3.08. The second-order valence-corrected chi connectivity index (χ2v) is 4.86. The zero-order valence-corrected chi connectivity index (χ0v) is 10.7. The van der Waals surface area contributed by atoms with Crippen LogP contribution < -0.4 is 5.32 Å². The number of ether oxygens (including phenoxy) is 1. The Morgan fingerprint density at radius 2 is 2.35 bits per heavy atom. The quantitative estimate of drug-likeness (QED) is 0.648. The summed E-state index contributed by atoms with van der Waals surface area (Å²) >= 11 is 5.71. The summed E-state index contributed by atoms with van der Waals surface area (Å²) in [6.45, 7) is 2.59. The average molecular weight is 255 g/mol. The Labute approximate surface area is 108 Å². The Hall–Kier alpha value is -0.640. The summed E-state index contributed by atoms with van der Waals surface area (Å²) in [5.41, 5.74) is 1.08. The first-order chi connectivity index (χ1) is 8.34. The van der Waals surface area contributed by atoms with E-state index >= 15 is 0 Å². The Bertz CT molecular complexity index is 323. The first-order valence-electron chi connectivity index (χ1n) is 6.26. The van der Waals surface area contributed by atoms with Crippen LogP contribution in [-0.2, 0) is 11.3 Å². The van der Waals surface area contributed by atoms with Crippen LogP contribution in [-0.4, -0.2) is 24.2 Å². The van der Waals surface area contributed by atoms with E-state index in [4.69, 9.17) is 16.3 Å². The molecule has 1 unspecified atom stereocenters. The van der Waals surface area contributed by atoms with Crippen molar-refractivity contribution >= 4 is 11.6 Å². The van der Waals surface area contributed by atoms with E-state index in [1.54, 1.807) is 12.3 Å². The van der Waals surface area contributed by atoms with E-state index in [2.05, 4.69) is 10.3 Å². The van der Waals surface area contributed by atoms with Gasteiger partial charge in [0.25, 0.3) is 0 Å². The second kappa shape index (κ2) is 6.94. The molecule has 2 rings (SSSR count). The molecule has 4 heteroatoms. The summed E-state index contributed by atoms with van der Waals surface area (Å²) in [5.74, 6) is 0. The highest BCUT2D eigenvalue weighted by Gasteiger charge is 2.11. The molecule has 0 radical (unpaired) electrons. The van der Waals surface area contributed by atoms with E-state index in [0.29, 0.717) is 17.8 Å². The lowest BCUT2D eigenvalue weighted by molar-refractivity contribution is 0.108. The molecule has 1 aliphatic rings. The van der Waals surface area contributed by atoms with Gasteiger partial charge in [-0.25, -0.2) is 4.98 Å². The topological polar surface area (TPSA) is 34.1 Å². The van der Waals surface area contributed by atoms with Gasteiger partial charge in [0.15, 0.2) is 0 Å². The van der Waals surface area contributed by atoms with Crippen LogP contribution in [0.25, 0.3) is 0 Å². The van der Waals surface area contributed by atoms with Crippen molar-refractivity contribution in [1.29, 1.82) is 0 Å². The Morgan fingerprint density at radius 1 is 1.41 bits per heavy atom. The average Bonchev–Trinajstić information content (AvgIpc) is 2.38. The largest absolute Gasteiger partial charge is 0.377 e. The molecule has 0 amide bonds. The molecule has 1 atom stereocenters. The number of aromatic nitrogens is 1. The van der Waals surface area contributed by atoms with Gasteiger partial charge in [0.2, 0.25) is 0 Å². The highest BCUT2D eigenvalue weighted by atomic mass is 35.5. The minimum absolute atomic E-state index is 0.528. The molecule has 0 bridgehead atoms. The normalized spacial score (nSPS) is 20.4. The van der Waals surface area contributed by atoms with Gasteiger partial charge in [-0.05, 0) is 37.4 Å². The highest BCUT2D eigenvalue weighted by molar-refractivity contribution is 6.29. The van der Waals surface area contributed by atoms with Crippen molar-refractivity contribution in [3.8, 4) is 0 Å². The number of piperidine rings is 1. The van der Waals surface area contributed by atoms with Gasteiger partial charge in [-0.1, -0.05) is 24.1 Å². The van der Waals surface area contributed by atoms with Gasteiger partial charge < -0.3 is 10.1 Å². The molecule has 3 nitrogen and oxygen atoms in total. The standard InChI is InChI=1S/C13H19ClN2O/c14-13-5-4-11(9-16-13)10-17-8-6-12-3-1-2-7-15-12/h4-5,9,12,15H,1-3,6-8,10H2. The maximum absolute atomic E-state index is 5.71. The third kappa shape index (κ3) is 4.62. The van der Waals surface area contributed by atoms with Crippen LogP contribution in [0.4, 0.5) is 0 Å². The summed E-state index contributed by atoms with van der Waals surface area (Å²) in [5, 5.41) is 4.04. The van der Waals surface area contributed by atoms with Crippen molar-refractivity contribution in [1.82, 2.24) is 10.3 Å². The summed E-state index contributed by atoms with van der Waals surface area (Å²) in [4.78, 5) is 4.02. The zero-order chi connectivity index (χ0) is 11.9. The molecule has 0 aromatic carbocycles. The summed E-state index contributed by atoms with van der Waals surface area (Å²) < 4.78 is 5.64. The van der Waals surface area contributed by atoms with Gasteiger partial charge in [-0.2, -0.15) is 0 Å². The fourth-order valence-corrected chi connectivity index (χ4v) is 2.19. The maximum atomic E-state index is 5.71. The van der Waals surface area contributed by atoms with E-state index in [-0.39, 0.29) is 0 Å². The van der Waals surface area contributed by atoms with Crippen LogP contribution in [0.3, 0.4) is 0 Å². The lowest BCUT2D eigenvalue weighted by Gasteiger charge is -2.23. The van der Waals surface area contributed by atoms with Crippen molar-refractivity contribution in [2.75, 3.05) is 13.2 Å². The number of nitrogens with one attached hydrogen (secondary N) is 1. The van der Waals surface area contributed by atoms with Crippen LogP contribution >= 0.6 is 11.6 Å². The van der Waals surface area contributed by atoms with Crippen LogP contribution in [0.1, 0.15) is 31.2 Å². The van der Waals surface area contributed by atoms with Crippen LogP contribution in [0, 0.1) is 0 Å². The zero-order valence-electron chi connectivity index (χ0n) is 9.99. The number of hydrogen-bond acceptors (Lipinski definition) is 3. The van der Waals surface area contributed by atoms with E-state index in [0.717, 1.165) is 25.1 Å². The monoisotopic (exact) mass is 254 g/mol. The molecule has 0 spiro atoms. The van der Waals surface area contributed by atoms with Crippen molar-refractivity contribution in [2.45, 2.75) is 38.3 Å². The SMILES string of the molecule is Clc1ccc(COCCC2CCCCN2)cn1. The Kier molecular flexibility index (Phi) is 5.23. The predicted molar refractivity (Wildman–Crippen MR) is 69.2 cm³/mol.